The molecular formula is C11H19NO4. The van der Waals surface area contributed by atoms with E-state index in [-0.39, 0.29) is 12.0 Å². The molecule has 92 valence electrons. The number of likely N-dealkylation sites (tertiary alicyclic amines) is 1. The van der Waals surface area contributed by atoms with Crippen LogP contribution in [0, 0.1) is 0 Å². The molecule has 0 bridgehead atoms. The predicted molar refractivity (Wildman–Crippen MR) is 57.0 cm³/mol. The van der Waals surface area contributed by atoms with Crippen LogP contribution in [-0.4, -0.2) is 61.0 Å². The Balaban J connectivity index is 1.87. The summed E-state index contributed by atoms with van der Waals surface area (Å²) in [7, 11) is 1.40. The van der Waals surface area contributed by atoms with Gasteiger partial charge in [-0.1, -0.05) is 0 Å². The van der Waals surface area contributed by atoms with Crippen molar-refractivity contribution >= 4 is 5.97 Å². The zero-order valence-electron chi connectivity index (χ0n) is 9.65. The van der Waals surface area contributed by atoms with E-state index in [0.29, 0.717) is 32.6 Å². The van der Waals surface area contributed by atoms with E-state index in [1.54, 1.807) is 0 Å². The van der Waals surface area contributed by atoms with E-state index in [0.717, 1.165) is 13.0 Å². The van der Waals surface area contributed by atoms with Gasteiger partial charge in [-0.3, -0.25) is 9.69 Å². The van der Waals surface area contributed by atoms with Crippen molar-refractivity contribution in [2.24, 2.45) is 0 Å². The third kappa shape index (κ3) is 2.36. The lowest BCUT2D eigenvalue weighted by molar-refractivity contribution is -0.156. The number of β-amino-alcohol motifs (C(OH)–C–C–N with tert-alkyl or cyclic N) is 1. The lowest BCUT2D eigenvalue weighted by atomic mass is 9.90. The summed E-state index contributed by atoms with van der Waals surface area (Å²) in [5, 5.41) is 10.3. The third-order valence-corrected chi connectivity index (χ3v) is 3.52. The molecule has 5 heteroatoms. The minimum Gasteiger partial charge on any atom is -0.468 e. The van der Waals surface area contributed by atoms with Crippen LogP contribution in [0.3, 0.4) is 0 Å². The van der Waals surface area contributed by atoms with Crippen molar-refractivity contribution in [2.75, 3.05) is 33.4 Å². The van der Waals surface area contributed by atoms with Crippen LogP contribution < -0.4 is 0 Å². The lowest BCUT2D eigenvalue weighted by Crippen LogP contribution is -2.59. The molecule has 2 fully saturated rings. The molecule has 1 unspecified atom stereocenters. The van der Waals surface area contributed by atoms with Gasteiger partial charge in [0.05, 0.1) is 12.7 Å². The van der Waals surface area contributed by atoms with Gasteiger partial charge in [0.25, 0.3) is 0 Å². The molecule has 16 heavy (non-hydrogen) atoms. The van der Waals surface area contributed by atoms with Crippen molar-refractivity contribution in [1.29, 1.82) is 0 Å². The molecule has 1 atom stereocenters. The molecule has 0 saturated carbocycles. The van der Waals surface area contributed by atoms with Crippen LogP contribution in [0.25, 0.3) is 0 Å². The molecule has 2 aliphatic heterocycles. The van der Waals surface area contributed by atoms with E-state index in [2.05, 4.69) is 0 Å². The standard InChI is InChI=1S/C11H19NO4/c1-15-10(13)9-2-5-12(9)8-11(14)3-6-16-7-4-11/h9,14H,2-8H2,1H3. The summed E-state index contributed by atoms with van der Waals surface area (Å²) in [6, 6.07) is -0.156. The summed E-state index contributed by atoms with van der Waals surface area (Å²) in [4.78, 5) is 13.4. The van der Waals surface area contributed by atoms with Gasteiger partial charge in [0, 0.05) is 39.1 Å². The van der Waals surface area contributed by atoms with Gasteiger partial charge in [0.2, 0.25) is 0 Å². The molecule has 1 N–H and O–H groups in total. The Kier molecular flexibility index (Phi) is 3.47. The van der Waals surface area contributed by atoms with E-state index in [4.69, 9.17) is 9.47 Å². The second-order valence-electron chi connectivity index (χ2n) is 4.63. The molecule has 0 aromatic carbocycles. The largest absolute Gasteiger partial charge is 0.468 e. The number of hydrogen-bond donors (Lipinski definition) is 1. The SMILES string of the molecule is COC(=O)C1CCN1CC1(O)CCOCC1. The van der Waals surface area contributed by atoms with Gasteiger partial charge in [-0.25, -0.2) is 0 Å². The molecule has 0 amide bonds. The van der Waals surface area contributed by atoms with Crippen molar-refractivity contribution in [2.45, 2.75) is 30.9 Å². The van der Waals surface area contributed by atoms with Gasteiger partial charge in [-0.2, -0.15) is 0 Å². The van der Waals surface area contributed by atoms with E-state index in [1.807, 2.05) is 4.90 Å². The number of rotatable bonds is 3. The number of aliphatic hydroxyl groups is 1. The molecule has 0 aliphatic carbocycles. The molecular weight excluding hydrogens is 210 g/mol. The average molecular weight is 229 g/mol. The quantitative estimate of drug-likeness (QED) is 0.678. The highest BCUT2D eigenvalue weighted by Crippen LogP contribution is 2.27. The monoisotopic (exact) mass is 229 g/mol. The van der Waals surface area contributed by atoms with Crippen LogP contribution in [0.2, 0.25) is 0 Å². The fraction of sp³-hybridized carbons (Fsp3) is 0.909. The van der Waals surface area contributed by atoms with E-state index in [1.165, 1.54) is 7.11 Å². The second-order valence-corrected chi connectivity index (χ2v) is 4.63. The Hall–Kier alpha value is -0.650. The first-order chi connectivity index (χ1) is 7.64. The Morgan fingerprint density at radius 1 is 1.56 bits per heavy atom. The van der Waals surface area contributed by atoms with Gasteiger partial charge in [-0.05, 0) is 6.42 Å². The van der Waals surface area contributed by atoms with Gasteiger partial charge in [0.1, 0.15) is 6.04 Å². The topological polar surface area (TPSA) is 59.0 Å². The van der Waals surface area contributed by atoms with Gasteiger partial charge < -0.3 is 14.6 Å². The Bertz CT molecular complexity index is 263. The van der Waals surface area contributed by atoms with Crippen LogP contribution in [0.15, 0.2) is 0 Å². The highest BCUT2D eigenvalue weighted by molar-refractivity contribution is 5.76. The molecule has 0 aromatic rings. The molecule has 0 spiro atoms. The van der Waals surface area contributed by atoms with Crippen LogP contribution in [0.4, 0.5) is 0 Å². The second kappa shape index (κ2) is 4.69. The number of esters is 1. The number of methoxy groups -OCH3 is 1. The average Bonchev–Trinajstić information content (AvgIpc) is 2.25. The maximum atomic E-state index is 11.4. The van der Waals surface area contributed by atoms with Gasteiger partial charge >= 0.3 is 5.97 Å². The Morgan fingerprint density at radius 2 is 2.25 bits per heavy atom. The van der Waals surface area contributed by atoms with Crippen molar-refractivity contribution in [3.63, 3.8) is 0 Å². The zero-order valence-corrected chi connectivity index (χ0v) is 9.65. The molecule has 2 rings (SSSR count). The Morgan fingerprint density at radius 3 is 2.75 bits per heavy atom. The van der Waals surface area contributed by atoms with E-state index in [9.17, 15) is 9.90 Å². The molecule has 2 heterocycles. The van der Waals surface area contributed by atoms with Crippen LogP contribution in [0.1, 0.15) is 19.3 Å². The fourth-order valence-corrected chi connectivity index (χ4v) is 2.32. The van der Waals surface area contributed by atoms with E-state index < -0.39 is 5.60 Å². The van der Waals surface area contributed by atoms with Crippen molar-refractivity contribution in [3.05, 3.63) is 0 Å². The van der Waals surface area contributed by atoms with Gasteiger partial charge in [0.15, 0.2) is 0 Å². The maximum Gasteiger partial charge on any atom is 0.323 e. The summed E-state index contributed by atoms with van der Waals surface area (Å²) in [5.74, 6) is -0.193. The van der Waals surface area contributed by atoms with Crippen LogP contribution in [0.5, 0.6) is 0 Å². The Labute approximate surface area is 95.3 Å². The molecule has 0 aromatic heterocycles. The fourth-order valence-electron chi connectivity index (χ4n) is 2.32. The molecule has 2 aliphatic rings. The minimum absolute atomic E-state index is 0.156. The lowest BCUT2D eigenvalue weighted by Gasteiger charge is -2.44. The summed E-state index contributed by atoms with van der Waals surface area (Å²) in [6.45, 7) is 2.62. The highest BCUT2D eigenvalue weighted by Gasteiger charge is 2.41. The first-order valence-electron chi connectivity index (χ1n) is 5.77. The predicted octanol–water partition coefficient (Wildman–Crippen LogP) is -0.225. The minimum atomic E-state index is -0.690. The van der Waals surface area contributed by atoms with Crippen LogP contribution in [-0.2, 0) is 14.3 Å². The third-order valence-electron chi connectivity index (χ3n) is 3.52. The maximum absolute atomic E-state index is 11.4. The number of carbonyl (C=O) groups is 1. The summed E-state index contributed by atoms with van der Waals surface area (Å²) < 4.78 is 9.94. The van der Waals surface area contributed by atoms with Gasteiger partial charge in [-0.15, -0.1) is 0 Å². The van der Waals surface area contributed by atoms with Crippen LogP contribution >= 0.6 is 0 Å². The van der Waals surface area contributed by atoms with E-state index >= 15 is 0 Å². The first-order valence-corrected chi connectivity index (χ1v) is 5.77. The molecule has 5 nitrogen and oxygen atoms in total. The summed E-state index contributed by atoms with van der Waals surface area (Å²) in [6.07, 6.45) is 2.13. The van der Waals surface area contributed by atoms with Crippen molar-refractivity contribution < 1.29 is 19.4 Å². The molecule has 0 radical (unpaired) electrons. The van der Waals surface area contributed by atoms with Crippen molar-refractivity contribution in [3.8, 4) is 0 Å². The smallest absolute Gasteiger partial charge is 0.323 e. The summed E-state index contributed by atoms with van der Waals surface area (Å²) >= 11 is 0. The number of hydrogen-bond acceptors (Lipinski definition) is 5. The first kappa shape index (κ1) is 11.8. The zero-order chi connectivity index (χ0) is 11.6. The number of nitrogens with zero attached hydrogens (tertiary/aromatic N) is 1. The van der Waals surface area contributed by atoms with Crippen molar-refractivity contribution in [1.82, 2.24) is 4.90 Å². The normalized spacial score (nSPS) is 29.5. The summed E-state index contributed by atoms with van der Waals surface area (Å²) in [5.41, 5.74) is -0.690. The molecule has 2 saturated heterocycles. The number of ether oxygens (including phenoxy) is 2. The highest BCUT2D eigenvalue weighted by atomic mass is 16.5. The number of carbonyl (C=O) groups excluding carboxylic acids is 1.